The van der Waals surface area contributed by atoms with Crippen molar-refractivity contribution in [2.24, 2.45) is 5.73 Å². The molecule has 0 fully saturated rings. The summed E-state index contributed by atoms with van der Waals surface area (Å²) in [6, 6.07) is 10.7. The molecule has 1 aromatic carbocycles. The van der Waals surface area contributed by atoms with Crippen molar-refractivity contribution in [2.45, 2.75) is 25.8 Å². The Balaban J connectivity index is 2.19. The Kier molecular flexibility index (Phi) is 4.29. The number of nitrogens with zero attached hydrogens (tertiary/aromatic N) is 1. The van der Waals surface area contributed by atoms with Crippen LogP contribution in [0.4, 0.5) is 5.69 Å². The molecule has 1 atom stereocenters. The number of benzene rings is 1. The highest BCUT2D eigenvalue weighted by Gasteiger charge is 2.17. The van der Waals surface area contributed by atoms with Crippen LogP contribution in [0.25, 0.3) is 0 Å². The fourth-order valence-corrected chi connectivity index (χ4v) is 2.94. The summed E-state index contributed by atoms with van der Waals surface area (Å²) in [5.74, 6) is 0. The first-order valence-electron chi connectivity index (χ1n) is 6.18. The van der Waals surface area contributed by atoms with E-state index >= 15 is 0 Å². The molecule has 1 unspecified atom stereocenters. The Morgan fingerprint density at radius 3 is 2.68 bits per heavy atom. The van der Waals surface area contributed by atoms with Gasteiger partial charge < -0.3 is 5.73 Å². The lowest BCUT2D eigenvalue weighted by atomic mass is 10.0. The van der Waals surface area contributed by atoms with Crippen molar-refractivity contribution in [3.8, 4) is 0 Å². The molecule has 2 rings (SSSR count). The third-order valence-corrected chi connectivity index (χ3v) is 4.39. The molecule has 19 heavy (non-hydrogen) atoms. The van der Waals surface area contributed by atoms with Crippen molar-refractivity contribution in [3.63, 3.8) is 0 Å². The molecule has 2 N–H and O–H groups in total. The molecule has 1 heterocycles. The van der Waals surface area contributed by atoms with E-state index < -0.39 is 0 Å². The summed E-state index contributed by atoms with van der Waals surface area (Å²) in [7, 11) is 0. The van der Waals surface area contributed by atoms with Crippen molar-refractivity contribution in [3.05, 3.63) is 61.8 Å². The Labute approximate surface area is 116 Å². The van der Waals surface area contributed by atoms with Gasteiger partial charge >= 0.3 is 0 Å². The molecule has 0 radical (unpaired) electrons. The van der Waals surface area contributed by atoms with E-state index in [0.717, 1.165) is 11.3 Å². The van der Waals surface area contributed by atoms with E-state index in [-0.39, 0.29) is 16.7 Å². The standard InChI is InChI=1S/C14H16N2O2S/c1-2-11-7-8-14(19-11)12(15)9-10-5-3-4-6-13(10)16(17)18/h3-8,12H,2,9,15H2,1H3. The van der Waals surface area contributed by atoms with Gasteiger partial charge in [-0.1, -0.05) is 25.1 Å². The molecule has 4 nitrogen and oxygen atoms in total. The van der Waals surface area contributed by atoms with Crippen molar-refractivity contribution in [1.82, 2.24) is 0 Å². The Morgan fingerprint density at radius 2 is 2.05 bits per heavy atom. The summed E-state index contributed by atoms with van der Waals surface area (Å²) >= 11 is 1.68. The van der Waals surface area contributed by atoms with Gasteiger partial charge in [-0.15, -0.1) is 11.3 Å². The average molecular weight is 276 g/mol. The molecule has 0 amide bonds. The van der Waals surface area contributed by atoms with E-state index in [4.69, 9.17) is 5.73 Å². The molecule has 0 saturated heterocycles. The average Bonchev–Trinajstić information content (AvgIpc) is 2.88. The van der Waals surface area contributed by atoms with Gasteiger partial charge in [0.25, 0.3) is 5.69 Å². The Morgan fingerprint density at radius 1 is 1.32 bits per heavy atom. The molecule has 0 aliphatic carbocycles. The fraction of sp³-hybridized carbons (Fsp3) is 0.286. The topological polar surface area (TPSA) is 69.2 Å². The molecule has 0 bridgehead atoms. The minimum absolute atomic E-state index is 0.144. The van der Waals surface area contributed by atoms with Gasteiger partial charge in [-0.25, -0.2) is 0 Å². The zero-order valence-electron chi connectivity index (χ0n) is 10.7. The summed E-state index contributed by atoms with van der Waals surface area (Å²) in [6.07, 6.45) is 1.48. The smallest absolute Gasteiger partial charge is 0.272 e. The fourth-order valence-electron chi connectivity index (χ4n) is 1.98. The summed E-state index contributed by atoms with van der Waals surface area (Å²) in [6.45, 7) is 2.10. The number of thiophene rings is 1. The van der Waals surface area contributed by atoms with Crippen LogP contribution in [0.15, 0.2) is 36.4 Å². The Bertz CT molecular complexity index is 580. The van der Waals surface area contributed by atoms with Crippen LogP contribution in [-0.4, -0.2) is 4.92 Å². The van der Waals surface area contributed by atoms with Crippen molar-refractivity contribution in [2.75, 3.05) is 0 Å². The number of hydrogen-bond donors (Lipinski definition) is 1. The normalized spacial score (nSPS) is 12.3. The predicted molar refractivity (Wildman–Crippen MR) is 77.4 cm³/mol. The van der Waals surface area contributed by atoms with Gasteiger partial charge in [0, 0.05) is 27.4 Å². The quantitative estimate of drug-likeness (QED) is 0.671. The van der Waals surface area contributed by atoms with Gasteiger partial charge in [-0.05, 0) is 25.0 Å². The first-order valence-corrected chi connectivity index (χ1v) is 7.00. The molecule has 5 heteroatoms. The summed E-state index contributed by atoms with van der Waals surface area (Å²) < 4.78 is 0. The number of nitro groups is 1. The maximum Gasteiger partial charge on any atom is 0.272 e. The second-order valence-corrected chi connectivity index (χ2v) is 5.55. The van der Waals surface area contributed by atoms with Gasteiger partial charge in [0.1, 0.15) is 0 Å². The largest absolute Gasteiger partial charge is 0.323 e. The van der Waals surface area contributed by atoms with Crippen LogP contribution in [0.1, 0.15) is 28.3 Å². The molecule has 0 aliphatic heterocycles. The van der Waals surface area contributed by atoms with Crippen LogP contribution in [0.5, 0.6) is 0 Å². The van der Waals surface area contributed by atoms with Crippen LogP contribution >= 0.6 is 11.3 Å². The highest BCUT2D eigenvalue weighted by atomic mass is 32.1. The second kappa shape index (κ2) is 5.95. The summed E-state index contributed by atoms with van der Waals surface area (Å²) in [4.78, 5) is 13.0. The lowest BCUT2D eigenvalue weighted by molar-refractivity contribution is -0.385. The number of aryl methyl sites for hydroxylation is 1. The van der Waals surface area contributed by atoms with Gasteiger partial charge in [-0.3, -0.25) is 10.1 Å². The lowest BCUT2D eigenvalue weighted by Gasteiger charge is -2.09. The van der Waals surface area contributed by atoms with E-state index in [1.807, 2.05) is 6.07 Å². The number of para-hydroxylation sites is 1. The number of nitrogens with two attached hydrogens (primary N) is 1. The van der Waals surface area contributed by atoms with Crippen molar-refractivity contribution in [1.29, 1.82) is 0 Å². The zero-order chi connectivity index (χ0) is 13.8. The third kappa shape index (κ3) is 3.19. The minimum Gasteiger partial charge on any atom is -0.323 e. The summed E-state index contributed by atoms with van der Waals surface area (Å²) in [5, 5.41) is 11.0. The number of nitro benzene ring substituents is 1. The van der Waals surface area contributed by atoms with Gasteiger partial charge in [0.15, 0.2) is 0 Å². The molecule has 0 aliphatic rings. The first-order chi connectivity index (χ1) is 9.11. The highest BCUT2D eigenvalue weighted by molar-refractivity contribution is 7.12. The molecule has 0 saturated carbocycles. The minimum atomic E-state index is -0.353. The maximum atomic E-state index is 11.0. The van der Waals surface area contributed by atoms with Gasteiger partial charge in [0.2, 0.25) is 0 Å². The second-order valence-electron chi connectivity index (χ2n) is 4.35. The molecule has 0 spiro atoms. The van der Waals surface area contributed by atoms with Crippen LogP contribution in [0.2, 0.25) is 0 Å². The number of hydrogen-bond acceptors (Lipinski definition) is 4. The van der Waals surface area contributed by atoms with Crippen LogP contribution in [-0.2, 0) is 12.8 Å². The molecular formula is C14H16N2O2S. The molecular weight excluding hydrogens is 260 g/mol. The van der Waals surface area contributed by atoms with Gasteiger partial charge in [0.05, 0.1) is 4.92 Å². The first kappa shape index (κ1) is 13.7. The third-order valence-electron chi connectivity index (χ3n) is 3.02. The van der Waals surface area contributed by atoms with Crippen molar-refractivity contribution >= 4 is 17.0 Å². The molecule has 100 valence electrons. The van der Waals surface area contributed by atoms with E-state index in [1.165, 1.54) is 10.9 Å². The monoisotopic (exact) mass is 276 g/mol. The lowest BCUT2D eigenvalue weighted by Crippen LogP contribution is -2.12. The van der Waals surface area contributed by atoms with E-state index in [9.17, 15) is 10.1 Å². The highest BCUT2D eigenvalue weighted by Crippen LogP contribution is 2.27. The molecule has 1 aromatic heterocycles. The van der Waals surface area contributed by atoms with Crippen molar-refractivity contribution < 1.29 is 4.92 Å². The number of rotatable bonds is 5. The predicted octanol–water partition coefficient (Wildman–Crippen LogP) is 3.46. The van der Waals surface area contributed by atoms with E-state index in [0.29, 0.717) is 12.0 Å². The maximum absolute atomic E-state index is 11.0. The van der Waals surface area contributed by atoms with Crippen LogP contribution in [0, 0.1) is 10.1 Å². The Hall–Kier alpha value is -1.72. The van der Waals surface area contributed by atoms with E-state index in [1.54, 1.807) is 29.5 Å². The SMILES string of the molecule is CCc1ccc(C(N)Cc2ccccc2[N+](=O)[O-])s1. The molecule has 2 aromatic rings. The van der Waals surface area contributed by atoms with E-state index in [2.05, 4.69) is 13.0 Å². The summed E-state index contributed by atoms with van der Waals surface area (Å²) in [5.41, 5.74) is 6.98. The van der Waals surface area contributed by atoms with Crippen LogP contribution < -0.4 is 5.73 Å². The van der Waals surface area contributed by atoms with Crippen LogP contribution in [0.3, 0.4) is 0 Å². The van der Waals surface area contributed by atoms with Gasteiger partial charge in [-0.2, -0.15) is 0 Å². The zero-order valence-corrected chi connectivity index (χ0v) is 11.5.